The molecule has 0 spiro atoms. The molecule has 0 aromatic rings. The minimum atomic E-state index is -0.676. The smallest absolute Gasteiger partial charge is 0.0908 e. The minimum absolute atomic E-state index is 0.420. The van der Waals surface area contributed by atoms with Gasteiger partial charge in [0.1, 0.15) is 0 Å². The molecular weight excluding hydrogens is 116 g/mol. The van der Waals surface area contributed by atoms with E-state index in [0.29, 0.717) is 5.92 Å². The first-order valence-corrected chi connectivity index (χ1v) is 3.61. The second-order valence-corrected chi connectivity index (χ2v) is 3.46. The predicted molar refractivity (Wildman–Crippen MR) is 32.9 cm³/mol. The largest absolute Gasteiger partial charge is 0.390 e. The first kappa shape index (κ1) is 5.69. The Bertz CT molecular complexity index is 135. The monoisotopic (exact) mass is 128 g/mol. The zero-order valence-corrected chi connectivity index (χ0v) is 5.38. The summed E-state index contributed by atoms with van der Waals surface area (Å²) in [5, 5.41) is 18.8. The molecule has 2 nitrogen and oxygen atoms in total. The third kappa shape index (κ3) is 0.634. The topological polar surface area (TPSA) is 40.5 Å². The van der Waals surface area contributed by atoms with E-state index in [-0.39, 0.29) is 0 Å². The molecule has 9 heavy (non-hydrogen) atoms. The molecule has 52 valence electrons. The SMILES string of the molecule is O[C@@H]1C[C@H]2CC[C@]1(O)C2. The molecule has 2 heteroatoms. The van der Waals surface area contributed by atoms with Crippen molar-refractivity contribution in [3.63, 3.8) is 0 Å². The number of rotatable bonds is 0. The Hall–Kier alpha value is -0.0800. The lowest BCUT2D eigenvalue weighted by atomic mass is 9.94. The summed E-state index contributed by atoms with van der Waals surface area (Å²) in [6.45, 7) is 0. The molecular formula is C7H12O2. The molecule has 2 aliphatic rings. The van der Waals surface area contributed by atoms with E-state index in [1.54, 1.807) is 0 Å². The van der Waals surface area contributed by atoms with Crippen LogP contribution in [0.3, 0.4) is 0 Å². The molecule has 0 amide bonds. The number of aliphatic hydroxyl groups is 2. The molecule has 0 aromatic carbocycles. The summed E-state index contributed by atoms with van der Waals surface area (Å²) in [6.07, 6.45) is 3.19. The van der Waals surface area contributed by atoms with Crippen LogP contribution in [0.1, 0.15) is 25.7 Å². The van der Waals surface area contributed by atoms with E-state index in [0.717, 1.165) is 25.7 Å². The first-order valence-electron chi connectivity index (χ1n) is 3.61. The third-order valence-corrected chi connectivity index (χ3v) is 2.80. The highest BCUT2D eigenvalue weighted by molar-refractivity contribution is 5.02. The Labute approximate surface area is 54.5 Å². The van der Waals surface area contributed by atoms with Gasteiger partial charge in [0, 0.05) is 0 Å². The van der Waals surface area contributed by atoms with Gasteiger partial charge in [0.15, 0.2) is 0 Å². The average Bonchev–Trinajstić information content (AvgIpc) is 2.22. The molecule has 0 unspecified atom stereocenters. The summed E-state index contributed by atoms with van der Waals surface area (Å²) in [5.41, 5.74) is -0.676. The summed E-state index contributed by atoms with van der Waals surface area (Å²) in [4.78, 5) is 0. The van der Waals surface area contributed by atoms with Crippen LogP contribution >= 0.6 is 0 Å². The normalized spacial score (nSPS) is 56.7. The van der Waals surface area contributed by atoms with Crippen LogP contribution in [0, 0.1) is 5.92 Å². The van der Waals surface area contributed by atoms with E-state index in [1.165, 1.54) is 0 Å². The summed E-state index contributed by atoms with van der Waals surface area (Å²) in [5.74, 6) is 0.616. The van der Waals surface area contributed by atoms with Gasteiger partial charge in [0.25, 0.3) is 0 Å². The van der Waals surface area contributed by atoms with Gasteiger partial charge in [-0.25, -0.2) is 0 Å². The Morgan fingerprint density at radius 3 is 2.44 bits per heavy atom. The molecule has 2 aliphatic carbocycles. The van der Waals surface area contributed by atoms with Crippen molar-refractivity contribution in [3.05, 3.63) is 0 Å². The van der Waals surface area contributed by atoms with Gasteiger partial charge >= 0.3 is 0 Å². The molecule has 0 aliphatic heterocycles. The number of hydrogen-bond acceptors (Lipinski definition) is 2. The summed E-state index contributed by atoms with van der Waals surface area (Å²) < 4.78 is 0. The van der Waals surface area contributed by atoms with E-state index in [4.69, 9.17) is 0 Å². The fourth-order valence-corrected chi connectivity index (χ4v) is 2.20. The quantitative estimate of drug-likeness (QED) is 0.492. The van der Waals surface area contributed by atoms with Gasteiger partial charge < -0.3 is 10.2 Å². The van der Waals surface area contributed by atoms with Crippen LogP contribution in [0.2, 0.25) is 0 Å². The van der Waals surface area contributed by atoms with Crippen molar-refractivity contribution in [1.29, 1.82) is 0 Å². The highest BCUT2D eigenvalue weighted by Crippen LogP contribution is 2.47. The van der Waals surface area contributed by atoms with E-state index in [2.05, 4.69) is 0 Å². The van der Waals surface area contributed by atoms with Crippen molar-refractivity contribution >= 4 is 0 Å². The van der Waals surface area contributed by atoms with Crippen molar-refractivity contribution in [2.45, 2.75) is 37.4 Å². The van der Waals surface area contributed by atoms with Crippen molar-refractivity contribution in [3.8, 4) is 0 Å². The Morgan fingerprint density at radius 1 is 1.44 bits per heavy atom. The Kier molecular flexibility index (Phi) is 0.945. The van der Waals surface area contributed by atoms with Crippen molar-refractivity contribution in [2.75, 3.05) is 0 Å². The summed E-state index contributed by atoms with van der Waals surface area (Å²) in [7, 11) is 0. The van der Waals surface area contributed by atoms with Crippen molar-refractivity contribution in [2.24, 2.45) is 5.92 Å². The maximum Gasteiger partial charge on any atom is 0.0908 e. The van der Waals surface area contributed by atoms with Gasteiger partial charge in [-0.05, 0) is 31.6 Å². The van der Waals surface area contributed by atoms with Crippen molar-refractivity contribution < 1.29 is 10.2 Å². The van der Waals surface area contributed by atoms with Crippen molar-refractivity contribution in [1.82, 2.24) is 0 Å². The van der Waals surface area contributed by atoms with Crippen LogP contribution in [0.5, 0.6) is 0 Å². The van der Waals surface area contributed by atoms with E-state index >= 15 is 0 Å². The minimum Gasteiger partial charge on any atom is -0.390 e. The molecule has 0 aromatic heterocycles. The number of fused-ring (bicyclic) bond motifs is 2. The highest BCUT2D eigenvalue weighted by atomic mass is 16.3. The molecule has 2 rings (SSSR count). The molecule has 2 saturated carbocycles. The maximum atomic E-state index is 9.56. The second kappa shape index (κ2) is 1.50. The lowest BCUT2D eigenvalue weighted by Crippen LogP contribution is -2.36. The number of hydrogen-bond donors (Lipinski definition) is 2. The molecule has 2 fully saturated rings. The first-order chi connectivity index (χ1) is 4.21. The molecule has 0 heterocycles. The number of aliphatic hydroxyl groups excluding tert-OH is 1. The van der Waals surface area contributed by atoms with Crippen LogP contribution in [0.4, 0.5) is 0 Å². The predicted octanol–water partition coefficient (Wildman–Crippen LogP) is 0.282. The van der Waals surface area contributed by atoms with Gasteiger partial charge in [-0.3, -0.25) is 0 Å². The Morgan fingerprint density at radius 2 is 2.22 bits per heavy atom. The lowest BCUT2D eigenvalue weighted by Gasteiger charge is -2.24. The standard InChI is InChI=1S/C7H12O2/c8-6-3-5-1-2-7(6,9)4-5/h5-6,8-9H,1-4H2/t5-,6-,7+/m1/s1. The van der Waals surface area contributed by atoms with E-state index in [1.807, 2.05) is 0 Å². The highest BCUT2D eigenvalue weighted by Gasteiger charge is 2.50. The van der Waals surface area contributed by atoms with Gasteiger partial charge in [-0.1, -0.05) is 0 Å². The van der Waals surface area contributed by atoms with Crippen LogP contribution in [0.15, 0.2) is 0 Å². The maximum absolute atomic E-state index is 9.56. The van der Waals surface area contributed by atoms with Gasteiger partial charge in [0.05, 0.1) is 11.7 Å². The van der Waals surface area contributed by atoms with Gasteiger partial charge in [0.2, 0.25) is 0 Å². The van der Waals surface area contributed by atoms with Crippen LogP contribution in [0.25, 0.3) is 0 Å². The van der Waals surface area contributed by atoms with E-state index in [9.17, 15) is 10.2 Å². The zero-order chi connectivity index (χ0) is 6.48. The summed E-state index contributed by atoms with van der Waals surface area (Å²) in [6, 6.07) is 0. The fraction of sp³-hybridized carbons (Fsp3) is 1.00. The van der Waals surface area contributed by atoms with Crippen LogP contribution in [-0.4, -0.2) is 21.9 Å². The molecule has 2 bridgehead atoms. The lowest BCUT2D eigenvalue weighted by molar-refractivity contribution is -0.0561. The van der Waals surface area contributed by atoms with E-state index < -0.39 is 11.7 Å². The fourth-order valence-electron chi connectivity index (χ4n) is 2.20. The molecule has 0 saturated heterocycles. The Balaban J connectivity index is 2.22. The average molecular weight is 128 g/mol. The van der Waals surface area contributed by atoms with Crippen LogP contribution in [-0.2, 0) is 0 Å². The molecule has 3 atom stereocenters. The van der Waals surface area contributed by atoms with Gasteiger partial charge in [-0.15, -0.1) is 0 Å². The summed E-state index contributed by atoms with van der Waals surface area (Å²) >= 11 is 0. The molecule has 0 radical (unpaired) electrons. The van der Waals surface area contributed by atoms with Gasteiger partial charge in [-0.2, -0.15) is 0 Å². The second-order valence-electron chi connectivity index (χ2n) is 3.46. The third-order valence-electron chi connectivity index (χ3n) is 2.80. The molecule has 2 N–H and O–H groups in total. The zero-order valence-electron chi connectivity index (χ0n) is 5.38. The van der Waals surface area contributed by atoms with Crippen LogP contribution < -0.4 is 0 Å².